The molecule has 0 saturated heterocycles. The monoisotopic (exact) mass is 166 g/mol. The van der Waals surface area contributed by atoms with E-state index in [2.05, 4.69) is 5.32 Å². The number of para-hydroxylation sites is 2. The number of hydrogen-bond donors (Lipinski definition) is 1. The highest BCUT2D eigenvalue weighted by atomic mass is 16.7. The average Bonchev–Trinajstić information content (AvgIpc) is 2.16. The van der Waals surface area contributed by atoms with Gasteiger partial charge in [0.15, 0.2) is 0 Å². The summed E-state index contributed by atoms with van der Waals surface area (Å²) in [7, 11) is 5.41. The number of nitrogens with zero attached hydrogens (tertiary/aromatic N) is 1. The maximum Gasteiger partial charge on any atom is 0.0864 e. The first-order chi connectivity index (χ1) is 5.79. The van der Waals surface area contributed by atoms with E-state index in [0.717, 1.165) is 11.4 Å². The molecule has 0 atom stereocenters. The summed E-state index contributed by atoms with van der Waals surface area (Å²) in [5.41, 5.74) is 2.09. The zero-order valence-corrected chi connectivity index (χ0v) is 7.66. The summed E-state index contributed by atoms with van der Waals surface area (Å²) in [4.78, 5) is 5.07. The van der Waals surface area contributed by atoms with E-state index in [-0.39, 0.29) is 0 Å². The Morgan fingerprint density at radius 3 is 2.58 bits per heavy atom. The highest BCUT2D eigenvalue weighted by Crippen LogP contribution is 2.23. The molecule has 0 fully saturated rings. The van der Waals surface area contributed by atoms with Crippen molar-refractivity contribution in [3.05, 3.63) is 24.3 Å². The normalized spacial score (nSPS) is 9.58. The fourth-order valence-electron chi connectivity index (χ4n) is 1.06. The average molecular weight is 166 g/mol. The van der Waals surface area contributed by atoms with Crippen LogP contribution in [0.2, 0.25) is 0 Å². The fourth-order valence-corrected chi connectivity index (χ4v) is 1.06. The van der Waals surface area contributed by atoms with Crippen molar-refractivity contribution in [2.45, 2.75) is 0 Å². The van der Waals surface area contributed by atoms with Crippen LogP contribution in [0.3, 0.4) is 0 Å². The van der Waals surface area contributed by atoms with Gasteiger partial charge in [0, 0.05) is 14.1 Å². The zero-order valence-electron chi connectivity index (χ0n) is 7.66. The van der Waals surface area contributed by atoms with E-state index in [1.807, 2.05) is 38.4 Å². The van der Waals surface area contributed by atoms with E-state index >= 15 is 0 Å². The van der Waals surface area contributed by atoms with Crippen LogP contribution >= 0.6 is 0 Å². The first-order valence-corrected chi connectivity index (χ1v) is 3.84. The molecule has 0 amide bonds. The molecule has 1 aromatic carbocycles. The SMILES string of the molecule is CNc1ccccc1N(C)OC. The smallest absolute Gasteiger partial charge is 0.0864 e. The molecule has 3 heteroatoms. The van der Waals surface area contributed by atoms with Gasteiger partial charge in [0.2, 0.25) is 0 Å². The summed E-state index contributed by atoms with van der Waals surface area (Å²) in [5.74, 6) is 0. The van der Waals surface area contributed by atoms with Crippen LogP contribution < -0.4 is 10.4 Å². The van der Waals surface area contributed by atoms with Crippen molar-refractivity contribution in [1.29, 1.82) is 0 Å². The second kappa shape index (κ2) is 3.97. The molecule has 0 bridgehead atoms. The van der Waals surface area contributed by atoms with Crippen LogP contribution in [0, 0.1) is 0 Å². The van der Waals surface area contributed by atoms with Gasteiger partial charge in [-0.05, 0) is 12.1 Å². The summed E-state index contributed by atoms with van der Waals surface area (Å²) < 4.78 is 0. The van der Waals surface area contributed by atoms with Gasteiger partial charge in [-0.3, -0.25) is 9.90 Å². The number of benzene rings is 1. The minimum Gasteiger partial charge on any atom is -0.386 e. The van der Waals surface area contributed by atoms with Crippen molar-refractivity contribution in [1.82, 2.24) is 0 Å². The largest absolute Gasteiger partial charge is 0.386 e. The standard InChI is InChI=1S/C9H14N2O/c1-10-8-6-4-5-7-9(8)11(2)12-3/h4-7,10H,1-3H3. The minimum absolute atomic E-state index is 1.03. The molecule has 1 rings (SSSR count). The van der Waals surface area contributed by atoms with E-state index in [1.165, 1.54) is 0 Å². The lowest BCUT2D eigenvalue weighted by atomic mass is 10.2. The topological polar surface area (TPSA) is 24.5 Å². The van der Waals surface area contributed by atoms with Crippen LogP contribution in [0.15, 0.2) is 24.3 Å². The van der Waals surface area contributed by atoms with Crippen LogP contribution in [0.5, 0.6) is 0 Å². The maximum absolute atomic E-state index is 5.07. The number of hydroxylamine groups is 1. The molecule has 66 valence electrons. The van der Waals surface area contributed by atoms with Gasteiger partial charge in [0.1, 0.15) is 0 Å². The molecule has 0 aliphatic carbocycles. The summed E-state index contributed by atoms with van der Waals surface area (Å²) >= 11 is 0. The van der Waals surface area contributed by atoms with Crippen molar-refractivity contribution in [2.24, 2.45) is 0 Å². The van der Waals surface area contributed by atoms with Crippen LogP contribution in [0.1, 0.15) is 0 Å². The zero-order chi connectivity index (χ0) is 8.97. The number of rotatable bonds is 3. The first kappa shape index (κ1) is 8.87. The Morgan fingerprint density at radius 2 is 2.00 bits per heavy atom. The molecule has 1 aromatic rings. The molecule has 1 N–H and O–H groups in total. The highest BCUT2D eigenvalue weighted by Gasteiger charge is 2.02. The summed E-state index contributed by atoms with van der Waals surface area (Å²) in [5, 5.41) is 4.80. The number of anilines is 2. The van der Waals surface area contributed by atoms with Gasteiger partial charge in [0.05, 0.1) is 18.5 Å². The maximum atomic E-state index is 5.07. The van der Waals surface area contributed by atoms with Crippen LogP contribution in [0.4, 0.5) is 11.4 Å². The van der Waals surface area contributed by atoms with Gasteiger partial charge in [-0.2, -0.15) is 0 Å². The van der Waals surface area contributed by atoms with E-state index in [0.29, 0.717) is 0 Å². The summed E-state index contributed by atoms with van der Waals surface area (Å²) in [6.45, 7) is 0. The van der Waals surface area contributed by atoms with Gasteiger partial charge in [0.25, 0.3) is 0 Å². The van der Waals surface area contributed by atoms with E-state index in [9.17, 15) is 0 Å². The molecule has 0 aliphatic heterocycles. The van der Waals surface area contributed by atoms with Gasteiger partial charge in [-0.1, -0.05) is 12.1 Å². The summed E-state index contributed by atoms with van der Waals surface area (Å²) in [6.07, 6.45) is 0. The highest BCUT2D eigenvalue weighted by molar-refractivity contribution is 5.68. The van der Waals surface area contributed by atoms with Gasteiger partial charge >= 0.3 is 0 Å². The molecular weight excluding hydrogens is 152 g/mol. The van der Waals surface area contributed by atoms with Crippen molar-refractivity contribution in [3.63, 3.8) is 0 Å². The Morgan fingerprint density at radius 1 is 1.33 bits per heavy atom. The minimum atomic E-state index is 1.03. The van der Waals surface area contributed by atoms with Gasteiger partial charge in [-0.15, -0.1) is 0 Å². The molecule has 0 spiro atoms. The van der Waals surface area contributed by atoms with Crippen LogP contribution in [0.25, 0.3) is 0 Å². The van der Waals surface area contributed by atoms with Crippen LogP contribution in [-0.2, 0) is 4.84 Å². The molecular formula is C9H14N2O. The lowest BCUT2D eigenvalue weighted by Crippen LogP contribution is -2.15. The Bertz CT molecular complexity index is 250. The third-order valence-corrected chi connectivity index (χ3v) is 1.79. The molecule has 0 radical (unpaired) electrons. The van der Waals surface area contributed by atoms with Crippen molar-refractivity contribution in [3.8, 4) is 0 Å². The predicted octanol–water partition coefficient (Wildman–Crippen LogP) is 1.73. The quantitative estimate of drug-likeness (QED) is 0.692. The lowest BCUT2D eigenvalue weighted by molar-refractivity contribution is 0.185. The molecule has 12 heavy (non-hydrogen) atoms. The first-order valence-electron chi connectivity index (χ1n) is 3.84. The Labute approximate surface area is 72.9 Å². The summed E-state index contributed by atoms with van der Waals surface area (Å²) in [6, 6.07) is 7.96. The van der Waals surface area contributed by atoms with Crippen molar-refractivity contribution in [2.75, 3.05) is 31.6 Å². The molecule has 0 aliphatic rings. The van der Waals surface area contributed by atoms with E-state index in [1.54, 1.807) is 12.2 Å². The molecule has 0 heterocycles. The molecule has 0 saturated carbocycles. The van der Waals surface area contributed by atoms with Crippen molar-refractivity contribution >= 4 is 11.4 Å². The second-order valence-corrected chi connectivity index (χ2v) is 2.45. The molecule has 0 unspecified atom stereocenters. The predicted molar refractivity (Wildman–Crippen MR) is 51.4 cm³/mol. The van der Waals surface area contributed by atoms with Gasteiger partial charge in [-0.25, -0.2) is 0 Å². The van der Waals surface area contributed by atoms with E-state index in [4.69, 9.17) is 4.84 Å². The Balaban J connectivity index is 2.96. The van der Waals surface area contributed by atoms with Crippen molar-refractivity contribution < 1.29 is 4.84 Å². The number of nitrogens with one attached hydrogen (secondary N) is 1. The molecule has 0 aromatic heterocycles. The second-order valence-electron chi connectivity index (χ2n) is 2.45. The third kappa shape index (κ3) is 1.68. The van der Waals surface area contributed by atoms with Crippen LogP contribution in [-0.4, -0.2) is 21.2 Å². The number of hydrogen-bond acceptors (Lipinski definition) is 3. The van der Waals surface area contributed by atoms with Gasteiger partial charge < -0.3 is 5.32 Å². The molecule has 3 nitrogen and oxygen atoms in total. The Hall–Kier alpha value is -1.22. The lowest BCUT2D eigenvalue weighted by Gasteiger charge is -2.18. The third-order valence-electron chi connectivity index (χ3n) is 1.79. The fraction of sp³-hybridized carbons (Fsp3) is 0.333. The Kier molecular flexibility index (Phi) is 2.94. The van der Waals surface area contributed by atoms with E-state index < -0.39 is 0 Å².